The number of carbonyl (C=O) groups is 1. The Labute approximate surface area is 129 Å². The van der Waals surface area contributed by atoms with Crippen LogP contribution < -0.4 is 16.2 Å². The number of ether oxygens (including phenoxy) is 1. The van der Waals surface area contributed by atoms with E-state index in [9.17, 15) is 9.59 Å². The molecule has 7 heteroatoms. The van der Waals surface area contributed by atoms with E-state index in [4.69, 9.17) is 4.74 Å². The Morgan fingerprint density at radius 2 is 2.18 bits per heavy atom. The lowest BCUT2D eigenvalue weighted by atomic mass is 10.2. The molecule has 1 aromatic heterocycles. The van der Waals surface area contributed by atoms with Gasteiger partial charge in [-0.15, -0.1) is 0 Å². The number of amides is 2. The van der Waals surface area contributed by atoms with Crippen molar-refractivity contribution in [3.05, 3.63) is 28.2 Å². The monoisotopic (exact) mass is 306 g/mol. The van der Waals surface area contributed by atoms with Gasteiger partial charge in [0.1, 0.15) is 0 Å². The third-order valence-corrected chi connectivity index (χ3v) is 4.01. The van der Waals surface area contributed by atoms with Crippen LogP contribution in [0, 0.1) is 0 Å². The first-order valence-electron chi connectivity index (χ1n) is 7.94. The Morgan fingerprint density at radius 1 is 1.32 bits per heavy atom. The van der Waals surface area contributed by atoms with Crippen molar-refractivity contribution in [1.82, 2.24) is 20.4 Å². The molecule has 1 atom stereocenters. The van der Waals surface area contributed by atoms with Crippen molar-refractivity contribution in [3.63, 3.8) is 0 Å². The minimum Gasteiger partial charge on any atom is -0.376 e. The third kappa shape index (κ3) is 4.07. The molecular weight excluding hydrogens is 284 g/mol. The van der Waals surface area contributed by atoms with Crippen LogP contribution in [0.1, 0.15) is 37.3 Å². The maximum Gasteiger partial charge on any atom is 0.314 e. The fourth-order valence-corrected chi connectivity index (χ4v) is 2.57. The van der Waals surface area contributed by atoms with Crippen molar-refractivity contribution in [2.75, 3.05) is 19.7 Å². The molecule has 1 saturated carbocycles. The van der Waals surface area contributed by atoms with Gasteiger partial charge in [-0.1, -0.05) is 0 Å². The van der Waals surface area contributed by atoms with E-state index in [0.29, 0.717) is 25.6 Å². The van der Waals surface area contributed by atoms with E-state index >= 15 is 0 Å². The summed E-state index contributed by atoms with van der Waals surface area (Å²) in [6.07, 6.45) is 4.47. The molecule has 22 heavy (non-hydrogen) atoms. The Hall–Kier alpha value is -1.89. The summed E-state index contributed by atoms with van der Waals surface area (Å²) in [6, 6.07) is 3.12. The maximum absolute atomic E-state index is 11.7. The molecule has 0 aromatic carbocycles. The standard InChI is InChI=1S/C15H22N4O3/c20-14-6-5-13(11-3-4-11)18-19(14)8-7-16-15(21)17-10-12-2-1-9-22-12/h5-6,11-12H,1-4,7-10H2,(H2,16,17,21)/t12-/m1/s1. The van der Waals surface area contributed by atoms with Gasteiger partial charge < -0.3 is 15.4 Å². The van der Waals surface area contributed by atoms with Gasteiger partial charge in [-0.2, -0.15) is 5.10 Å². The van der Waals surface area contributed by atoms with Gasteiger partial charge in [-0.3, -0.25) is 4.79 Å². The Kier molecular flexibility index (Phi) is 4.72. The van der Waals surface area contributed by atoms with E-state index in [1.165, 1.54) is 4.68 Å². The van der Waals surface area contributed by atoms with Gasteiger partial charge in [0.05, 0.1) is 18.3 Å². The van der Waals surface area contributed by atoms with Crippen LogP contribution >= 0.6 is 0 Å². The van der Waals surface area contributed by atoms with Gasteiger partial charge in [0.25, 0.3) is 5.56 Å². The average Bonchev–Trinajstić information content (AvgIpc) is 3.23. The topological polar surface area (TPSA) is 85.2 Å². The highest BCUT2D eigenvalue weighted by atomic mass is 16.5. The highest BCUT2D eigenvalue weighted by Gasteiger charge is 2.25. The summed E-state index contributed by atoms with van der Waals surface area (Å²) in [5.74, 6) is 0.509. The molecule has 1 aliphatic heterocycles. The average molecular weight is 306 g/mol. The van der Waals surface area contributed by atoms with E-state index in [2.05, 4.69) is 15.7 Å². The van der Waals surface area contributed by atoms with Gasteiger partial charge in [0.2, 0.25) is 0 Å². The van der Waals surface area contributed by atoms with Crippen LogP contribution in [-0.2, 0) is 11.3 Å². The van der Waals surface area contributed by atoms with Gasteiger partial charge in [0, 0.05) is 31.7 Å². The number of hydrogen-bond donors (Lipinski definition) is 2. The second-order valence-electron chi connectivity index (χ2n) is 5.87. The SMILES string of the molecule is O=C(NCCn1nc(C2CC2)ccc1=O)NC[C@H]1CCCO1. The first-order chi connectivity index (χ1) is 10.7. The zero-order chi connectivity index (χ0) is 15.4. The minimum atomic E-state index is -0.234. The maximum atomic E-state index is 11.7. The number of aromatic nitrogens is 2. The van der Waals surface area contributed by atoms with Gasteiger partial charge in [0.15, 0.2) is 0 Å². The molecule has 7 nitrogen and oxygen atoms in total. The summed E-state index contributed by atoms with van der Waals surface area (Å²) >= 11 is 0. The quantitative estimate of drug-likeness (QED) is 0.806. The molecule has 2 fully saturated rings. The molecule has 2 heterocycles. The highest BCUT2D eigenvalue weighted by Crippen LogP contribution is 2.38. The lowest BCUT2D eigenvalue weighted by Crippen LogP contribution is -2.41. The van der Waals surface area contributed by atoms with Crippen LogP contribution in [0.4, 0.5) is 4.79 Å². The van der Waals surface area contributed by atoms with Crippen LogP contribution in [0.3, 0.4) is 0 Å². The zero-order valence-corrected chi connectivity index (χ0v) is 12.6. The molecule has 3 rings (SSSR count). The molecule has 2 aliphatic rings. The van der Waals surface area contributed by atoms with Crippen LogP contribution in [-0.4, -0.2) is 41.6 Å². The second kappa shape index (κ2) is 6.91. The van der Waals surface area contributed by atoms with Crippen molar-refractivity contribution in [3.8, 4) is 0 Å². The molecule has 1 aliphatic carbocycles. The lowest BCUT2D eigenvalue weighted by molar-refractivity contribution is 0.111. The van der Waals surface area contributed by atoms with Gasteiger partial charge >= 0.3 is 6.03 Å². The molecule has 1 aromatic rings. The first kappa shape index (κ1) is 15.0. The smallest absolute Gasteiger partial charge is 0.314 e. The first-order valence-corrected chi connectivity index (χ1v) is 7.94. The summed E-state index contributed by atoms with van der Waals surface area (Å²) < 4.78 is 6.86. The van der Waals surface area contributed by atoms with Crippen molar-refractivity contribution in [2.45, 2.75) is 44.2 Å². The minimum absolute atomic E-state index is 0.130. The summed E-state index contributed by atoms with van der Waals surface area (Å²) in [6.45, 7) is 2.06. The fourth-order valence-electron chi connectivity index (χ4n) is 2.57. The molecule has 0 spiro atoms. The van der Waals surface area contributed by atoms with E-state index in [0.717, 1.165) is 38.0 Å². The number of urea groups is 1. The Balaban J connectivity index is 1.41. The van der Waals surface area contributed by atoms with E-state index < -0.39 is 0 Å². The van der Waals surface area contributed by atoms with Gasteiger partial charge in [-0.25, -0.2) is 9.48 Å². The lowest BCUT2D eigenvalue weighted by Gasteiger charge is -2.12. The van der Waals surface area contributed by atoms with Gasteiger partial charge in [-0.05, 0) is 31.7 Å². The predicted molar refractivity (Wildman–Crippen MR) is 80.8 cm³/mol. The summed E-state index contributed by atoms with van der Waals surface area (Å²) in [5.41, 5.74) is 0.841. The van der Waals surface area contributed by atoms with Crippen LogP contribution in [0.25, 0.3) is 0 Å². The molecule has 1 saturated heterocycles. The molecule has 2 amide bonds. The normalized spacial score (nSPS) is 20.8. The number of hydrogen-bond acceptors (Lipinski definition) is 4. The molecule has 0 unspecified atom stereocenters. The van der Waals surface area contributed by atoms with Crippen molar-refractivity contribution in [1.29, 1.82) is 0 Å². The summed E-state index contributed by atoms with van der Waals surface area (Å²) in [7, 11) is 0. The largest absolute Gasteiger partial charge is 0.376 e. The molecule has 0 radical (unpaired) electrons. The van der Waals surface area contributed by atoms with Crippen molar-refractivity contribution < 1.29 is 9.53 Å². The Morgan fingerprint density at radius 3 is 2.91 bits per heavy atom. The molecular formula is C15H22N4O3. The van der Waals surface area contributed by atoms with E-state index in [1.807, 2.05) is 0 Å². The molecule has 2 N–H and O–H groups in total. The number of rotatable bonds is 6. The highest BCUT2D eigenvalue weighted by molar-refractivity contribution is 5.73. The fraction of sp³-hybridized carbons (Fsp3) is 0.667. The van der Waals surface area contributed by atoms with Crippen molar-refractivity contribution in [2.24, 2.45) is 0 Å². The van der Waals surface area contributed by atoms with E-state index in [-0.39, 0.29) is 17.7 Å². The number of carbonyl (C=O) groups excluding carboxylic acids is 1. The number of nitrogens with zero attached hydrogens (tertiary/aromatic N) is 2. The second-order valence-corrected chi connectivity index (χ2v) is 5.87. The molecule has 0 bridgehead atoms. The Bertz CT molecular complexity index is 576. The van der Waals surface area contributed by atoms with Crippen LogP contribution in [0.15, 0.2) is 16.9 Å². The number of nitrogens with one attached hydrogen (secondary N) is 2. The molecule has 120 valence electrons. The van der Waals surface area contributed by atoms with E-state index in [1.54, 1.807) is 12.1 Å². The zero-order valence-electron chi connectivity index (χ0n) is 12.6. The van der Waals surface area contributed by atoms with Crippen LogP contribution in [0.2, 0.25) is 0 Å². The van der Waals surface area contributed by atoms with Crippen molar-refractivity contribution >= 4 is 6.03 Å². The third-order valence-electron chi connectivity index (χ3n) is 4.01. The van der Waals surface area contributed by atoms with Crippen LogP contribution in [0.5, 0.6) is 0 Å². The summed E-state index contributed by atoms with van der Waals surface area (Å²) in [5, 5.41) is 9.88. The summed E-state index contributed by atoms with van der Waals surface area (Å²) in [4.78, 5) is 23.4. The predicted octanol–water partition coefficient (Wildman–Crippen LogP) is 0.599.